The number of hydrogen-bond acceptors (Lipinski definition) is 3. The van der Waals surface area contributed by atoms with Crippen molar-refractivity contribution >= 4 is 22.9 Å². The van der Waals surface area contributed by atoms with Gasteiger partial charge in [-0.05, 0) is 42.6 Å². The van der Waals surface area contributed by atoms with Crippen LogP contribution in [-0.4, -0.2) is 25.6 Å². The second-order valence-corrected chi connectivity index (χ2v) is 6.81. The fourth-order valence-corrected chi connectivity index (χ4v) is 4.00. The molecule has 0 saturated carbocycles. The minimum Gasteiger partial charge on any atom is -0.435 e. The Bertz CT molecular complexity index is 703. The molecule has 7 heteroatoms. The van der Waals surface area contributed by atoms with Gasteiger partial charge in [0, 0.05) is 22.5 Å². The van der Waals surface area contributed by atoms with Crippen molar-refractivity contribution in [2.75, 3.05) is 18.4 Å². The number of anilines is 1. The zero-order valence-electron chi connectivity index (χ0n) is 13.2. The summed E-state index contributed by atoms with van der Waals surface area (Å²) in [6, 6.07) is 8.38. The van der Waals surface area contributed by atoms with E-state index in [1.807, 2.05) is 0 Å². The first-order valence-electron chi connectivity index (χ1n) is 7.78. The molecular weight excluding hydrogens is 334 g/mol. The van der Waals surface area contributed by atoms with Gasteiger partial charge < -0.3 is 15.0 Å². The third kappa shape index (κ3) is 3.91. The van der Waals surface area contributed by atoms with Gasteiger partial charge in [-0.1, -0.05) is 0 Å². The van der Waals surface area contributed by atoms with Gasteiger partial charge in [-0.2, -0.15) is 8.78 Å². The van der Waals surface area contributed by atoms with E-state index in [-0.39, 0.29) is 11.7 Å². The zero-order chi connectivity index (χ0) is 17.1. The number of thiophene rings is 1. The molecule has 1 aromatic heterocycles. The molecule has 0 aliphatic carbocycles. The smallest absolute Gasteiger partial charge is 0.387 e. The number of carbonyl (C=O) groups is 1. The highest BCUT2D eigenvalue weighted by Crippen LogP contribution is 2.24. The number of ether oxygens (including phenoxy) is 1. The zero-order valence-corrected chi connectivity index (χ0v) is 14.0. The summed E-state index contributed by atoms with van der Waals surface area (Å²) in [6.45, 7) is 0.607. The highest BCUT2D eigenvalue weighted by Gasteiger charge is 2.29. The van der Waals surface area contributed by atoms with Gasteiger partial charge in [0.05, 0.1) is 6.54 Å². The first-order chi connectivity index (χ1) is 11.5. The first-order valence-corrected chi connectivity index (χ1v) is 8.66. The van der Waals surface area contributed by atoms with Crippen LogP contribution >= 0.6 is 11.3 Å². The Morgan fingerprint density at radius 2 is 2.12 bits per heavy atom. The third-order valence-corrected chi connectivity index (χ3v) is 5.28. The van der Waals surface area contributed by atoms with Crippen LogP contribution in [-0.2, 0) is 11.2 Å². The summed E-state index contributed by atoms with van der Waals surface area (Å²) in [5.74, 6) is -0.0127. The average Bonchev–Trinajstić information content (AvgIpc) is 3.01. The van der Waals surface area contributed by atoms with Crippen molar-refractivity contribution in [1.82, 2.24) is 0 Å². The van der Waals surface area contributed by atoms with E-state index in [4.69, 9.17) is 0 Å². The molecule has 0 spiro atoms. The molecule has 0 saturated heterocycles. The molecule has 0 fully saturated rings. The molecule has 3 rings (SSSR count). The number of alkyl halides is 2. The maximum absolute atomic E-state index is 12.3. The van der Waals surface area contributed by atoms with Crippen LogP contribution in [0.25, 0.3) is 0 Å². The van der Waals surface area contributed by atoms with E-state index >= 15 is 0 Å². The van der Waals surface area contributed by atoms with E-state index in [1.165, 1.54) is 27.5 Å². The van der Waals surface area contributed by atoms with E-state index in [0.717, 1.165) is 13.0 Å². The number of fused-ring (bicyclic) bond motifs is 1. The summed E-state index contributed by atoms with van der Waals surface area (Å²) < 4.78 is 28.5. The summed E-state index contributed by atoms with van der Waals surface area (Å²) in [5.41, 5.74) is 1.91. The number of amides is 1. The minimum absolute atomic E-state index is 0.0725. The van der Waals surface area contributed by atoms with E-state index in [9.17, 15) is 13.6 Å². The van der Waals surface area contributed by atoms with Crippen LogP contribution in [0.2, 0.25) is 0 Å². The average molecular weight is 353 g/mol. The van der Waals surface area contributed by atoms with E-state index in [2.05, 4.69) is 28.4 Å². The Morgan fingerprint density at radius 1 is 1.38 bits per heavy atom. The Labute approximate surface area is 143 Å². The SMILES string of the molecule is C[C@H]1c2ccsc2CC[NH+]1CC(=O)Nc1ccc(OC(F)F)cc1. The van der Waals surface area contributed by atoms with Gasteiger partial charge in [0.2, 0.25) is 0 Å². The highest BCUT2D eigenvalue weighted by atomic mass is 32.1. The van der Waals surface area contributed by atoms with Crippen LogP contribution in [0.15, 0.2) is 35.7 Å². The molecule has 0 bridgehead atoms. The lowest BCUT2D eigenvalue weighted by molar-refractivity contribution is -0.923. The lowest BCUT2D eigenvalue weighted by atomic mass is 10.0. The lowest BCUT2D eigenvalue weighted by Gasteiger charge is -2.29. The van der Waals surface area contributed by atoms with E-state index < -0.39 is 6.61 Å². The van der Waals surface area contributed by atoms with Crippen LogP contribution in [0.1, 0.15) is 23.4 Å². The number of benzene rings is 1. The molecule has 128 valence electrons. The van der Waals surface area contributed by atoms with Crippen LogP contribution < -0.4 is 15.0 Å². The summed E-state index contributed by atoms with van der Waals surface area (Å²) in [6.07, 6.45) is 1.000. The molecule has 24 heavy (non-hydrogen) atoms. The van der Waals surface area contributed by atoms with Crippen LogP contribution in [0.3, 0.4) is 0 Å². The molecule has 2 heterocycles. The summed E-state index contributed by atoms with van der Waals surface area (Å²) in [5, 5.41) is 4.91. The molecule has 1 aromatic carbocycles. The second-order valence-electron chi connectivity index (χ2n) is 5.81. The van der Waals surface area contributed by atoms with Crippen LogP contribution in [0, 0.1) is 0 Å². The normalized spacial score (nSPS) is 19.8. The number of nitrogens with one attached hydrogen (secondary N) is 2. The van der Waals surface area contributed by atoms with Gasteiger partial charge in [0.25, 0.3) is 5.91 Å². The topological polar surface area (TPSA) is 42.8 Å². The maximum atomic E-state index is 12.3. The summed E-state index contributed by atoms with van der Waals surface area (Å²) in [4.78, 5) is 14.9. The molecule has 0 radical (unpaired) electrons. The van der Waals surface area contributed by atoms with Crippen molar-refractivity contribution in [3.8, 4) is 5.75 Å². The third-order valence-electron chi connectivity index (χ3n) is 4.28. The fourth-order valence-electron chi connectivity index (χ4n) is 3.02. The fraction of sp³-hybridized carbons (Fsp3) is 0.353. The molecule has 1 unspecified atom stereocenters. The quantitative estimate of drug-likeness (QED) is 0.867. The number of rotatable bonds is 5. The molecule has 1 amide bonds. The predicted octanol–water partition coefficient (Wildman–Crippen LogP) is 2.49. The van der Waals surface area contributed by atoms with Gasteiger partial charge in [0.1, 0.15) is 11.8 Å². The maximum Gasteiger partial charge on any atom is 0.387 e. The molecule has 2 aromatic rings. The van der Waals surface area contributed by atoms with Crippen molar-refractivity contribution < 1.29 is 23.2 Å². The number of halogens is 2. The van der Waals surface area contributed by atoms with Crippen molar-refractivity contribution in [3.63, 3.8) is 0 Å². The Morgan fingerprint density at radius 3 is 2.83 bits per heavy atom. The minimum atomic E-state index is -2.85. The molecule has 2 atom stereocenters. The summed E-state index contributed by atoms with van der Waals surface area (Å²) >= 11 is 1.78. The van der Waals surface area contributed by atoms with Crippen LogP contribution in [0.4, 0.5) is 14.5 Å². The van der Waals surface area contributed by atoms with Gasteiger partial charge in [-0.15, -0.1) is 11.3 Å². The number of quaternary nitrogens is 1. The highest BCUT2D eigenvalue weighted by molar-refractivity contribution is 7.10. The molecular formula is C17H19F2N2O2S+. The predicted molar refractivity (Wildman–Crippen MR) is 88.8 cm³/mol. The second kappa shape index (κ2) is 7.27. The van der Waals surface area contributed by atoms with Crippen molar-refractivity contribution in [3.05, 3.63) is 46.2 Å². The number of carbonyl (C=O) groups excluding carboxylic acids is 1. The number of hydrogen-bond donors (Lipinski definition) is 2. The van der Waals surface area contributed by atoms with Crippen molar-refractivity contribution in [1.29, 1.82) is 0 Å². The first kappa shape index (κ1) is 16.9. The largest absolute Gasteiger partial charge is 0.435 e. The Balaban J connectivity index is 1.56. The monoisotopic (exact) mass is 353 g/mol. The summed E-state index contributed by atoms with van der Waals surface area (Å²) in [7, 11) is 0. The lowest BCUT2D eigenvalue weighted by Crippen LogP contribution is -3.14. The molecule has 4 nitrogen and oxygen atoms in total. The van der Waals surface area contributed by atoms with Gasteiger partial charge in [0.15, 0.2) is 6.54 Å². The van der Waals surface area contributed by atoms with Crippen LogP contribution in [0.5, 0.6) is 5.75 Å². The Hall–Kier alpha value is -1.99. The van der Waals surface area contributed by atoms with E-state index in [1.54, 1.807) is 23.5 Å². The Kier molecular flexibility index (Phi) is 5.11. The van der Waals surface area contributed by atoms with Gasteiger partial charge in [-0.25, -0.2) is 0 Å². The van der Waals surface area contributed by atoms with Crippen molar-refractivity contribution in [2.24, 2.45) is 0 Å². The van der Waals surface area contributed by atoms with Crippen molar-refractivity contribution in [2.45, 2.75) is 26.0 Å². The molecule has 1 aliphatic heterocycles. The molecule has 2 N–H and O–H groups in total. The standard InChI is InChI=1S/C17H18F2N2O2S/c1-11-14-7-9-24-15(14)6-8-21(11)10-16(22)20-12-2-4-13(5-3-12)23-17(18)19/h2-5,7,9,11,17H,6,8,10H2,1H3,(H,20,22)/p+1/t11-/m0/s1. The molecule has 1 aliphatic rings. The van der Waals surface area contributed by atoms with E-state index in [0.29, 0.717) is 18.3 Å². The van der Waals surface area contributed by atoms with Gasteiger partial charge >= 0.3 is 6.61 Å². The van der Waals surface area contributed by atoms with Gasteiger partial charge in [-0.3, -0.25) is 4.79 Å².